The van der Waals surface area contributed by atoms with E-state index < -0.39 is 46.3 Å². The molecule has 8 heteroatoms. The third-order valence-electron chi connectivity index (χ3n) is 1.69. The van der Waals surface area contributed by atoms with Crippen LogP contribution in [-0.4, -0.2) is 22.2 Å². The van der Waals surface area contributed by atoms with Gasteiger partial charge in [-0.25, -0.2) is 27.2 Å². The van der Waals surface area contributed by atoms with Crippen LogP contribution in [0.1, 0.15) is 34.6 Å². The van der Waals surface area contributed by atoms with Gasteiger partial charge in [0, 0.05) is 0 Å². The van der Waals surface area contributed by atoms with Gasteiger partial charge in [-0.1, -0.05) is 13.8 Å². The average molecular weight is 268 g/mol. The van der Waals surface area contributed by atoms with E-state index >= 15 is 0 Å². The lowest BCUT2D eigenvalue weighted by Gasteiger charge is -2.05. The van der Waals surface area contributed by atoms with E-state index in [2.05, 4.69) is 0 Å². The van der Waals surface area contributed by atoms with Crippen LogP contribution < -0.4 is 0 Å². The smallest absolute Gasteiger partial charge is 0.341 e. The number of carbonyl (C=O) groups is 2. The number of aromatic carboxylic acids is 2. The van der Waals surface area contributed by atoms with Crippen molar-refractivity contribution in [1.82, 2.24) is 0 Å². The molecule has 1 aromatic rings. The monoisotopic (exact) mass is 268 g/mol. The van der Waals surface area contributed by atoms with E-state index in [0.717, 1.165) is 0 Å². The largest absolute Gasteiger partial charge is 0.477 e. The molecule has 0 atom stereocenters. The Kier molecular flexibility index (Phi) is 5.28. The average Bonchev–Trinajstić information content (AvgIpc) is 2.29. The van der Waals surface area contributed by atoms with Gasteiger partial charge in [0.25, 0.3) is 0 Å². The maximum Gasteiger partial charge on any atom is 0.341 e. The maximum absolute atomic E-state index is 12.9. The zero-order valence-corrected chi connectivity index (χ0v) is 9.22. The molecule has 4 nitrogen and oxygen atoms in total. The van der Waals surface area contributed by atoms with Crippen LogP contribution in [0.15, 0.2) is 0 Å². The van der Waals surface area contributed by atoms with E-state index in [4.69, 9.17) is 10.2 Å². The number of hydrogen-bond donors (Lipinski definition) is 2. The van der Waals surface area contributed by atoms with Crippen LogP contribution in [0.25, 0.3) is 0 Å². The molecule has 1 rings (SSSR count). The van der Waals surface area contributed by atoms with Crippen molar-refractivity contribution in [2.45, 2.75) is 13.8 Å². The minimum atomic E-state index is -2.26. The van der Waals surface area contributed by atoms with Crippen LogP contribution in [0, 0.1) is 23.3 Å². The second-order valence-electron chi connectivity index (χ2n) is 2.62. The van der Waals surface area contributed by atoms with Crippen molar-refractivity contribution in [2.24, 2.45) is 0 Å². The fourth-order valence-electron chi connectivity index (χ4n) is 1.01. The van der Waals surface area contributed by atoms with Crippen molar-refractivity contribution >= 4 is 11.9 Å². The minimum Gasteiger partial charge on any atom is -0.477 e. The Morgan fingerprint density at radius 2 is 0.889 bits per heavy atom. The van der Waals surface area contributed by atoms with E-state index in [1.165, 1.54) is 0 Å². The second kappa shape index (κ2) is 5.99. The van der Waals surface area contributed by atoms with Crippen molar-refractivity contribution < 1.29 is 37.4 Å². The lowest BCUT2D eigenvalue weighted by atomic mass is 10.1. The van der Waals surface area contributed by atoms with E-state index in [9.17, 15) is 27.2 Å². The van der Waals surface area contributed by atoms with Gasteiger partial charge in [-0.15, -0.1) is 0 Å². The summed E-state index contributed by atoms with van der Waals surface area (Å²) in [5.41, 5.74) is -3.75. The second-order valence-corrected chi connectivity index (χ2v) is 2.62. The molecule has 0 spiro atoms. The SMILES string of the molecule is CC.O=C(O)c1c(F)c(F)c(C(=O)O)c(F)c1F. The fourth-order valence-corrected chi connectivity index (χ4v) is 1.01. The highest BCUT2D eigenvalue weighted by molar-refractivity contribution is 5.92. The van der Waals surface area contributed by atoms with Crippen molar-refractivity contribution in [1.29, 1.82) is 0 Å². The third-order valence-corrected chi connectivity index (χ3v) is 1.69. The molecule has 100 valence electrons. The number of rotatable bonds is 2. The van der Waals surface area contributed by atoms with Crippen LogP contribution >= 0.6 is 0 Å². The lowest BCUT2D eigenvalue weighted by Crippen LogP contribution is -2.15. The molecule has 18 heavy (non-hydrogen) atoms. The normalized spacial score (nSPS) is 9.44. The van der Waals surface area contributed by atoms with Gasteiger partial charge in [-0.05, 0) is 0 Å². The molecule has 0 amide bonds. The zero-order valence-electron chi connectivity index (χ0n) is 9.22. The van der Waals surface area contributed by atoms with Crippen LogP contribution in [0.4, 0.5) is 17.6 Å². The number of hydrogen-bond acceptors (Lipinski definition) is 2. The Morgan fingerprint density at radius 3 is 1.00 bits per heavy atom. The number of halogens is 4. The first-order valence-corrected chi connectivity index (χ1v) is 4.61. The Morgan fingerprint density at radius 1 is 0.722 bits per heavy atom. The van der Waals surface area contributed by atoms with Gasteiger partial charge >= 0.3 is 11.9 Å². The number of carboxylic acid groups (broad SMARTS) is 2. The minimum absolute atomic E-state index is 1.88. The van der Waals surface area contributed by atoms with Crippen molar-refractivity contribution in [2.75, 3.05) is 0 Å². The first-order valence-electron chi connectivity index (χ1n) is 4.61. The number of benzene rings is 1. The van der Waals surface area contributed by atoms with Crippen LogP contribution in [0.2, 0.25) is 0 Å². The highest BCUT2D eigenvalue weighted by Crippen LogP contribution is 2.24. The molecule has 0 aliphatic carbocycles. The lowest BCUT2D eigenvalue weighted by molar-refractivity contribution is 0.0658. The zero-order chi connectivity index (χ0) is 14.6. The first kappa shape index (κ1) is 15.9. The Balaban J connectivity index is 0.00000137. The molecule has 0 aliphatic heterocycles. The van der Waals surface area contributed by atoms with Crippen molar-refractivity contribution in [3.8, 4) is 0 Å². The molecule has 2 N–H and O–H groups in total. The summed E-state index contributed by atoms with van der Waals surface area (Å²) < 4.78 is 51.6. The van der Waals surface area contributed by atoms with E-state index in [1.807, 2.05) is 13.8 Å². The summed E-state index contributed by atoms with van der Waals surface area (Å²) in [6, 6.07) is 0. The highest BCUT2D eigenvalue weighted by Gasteiger charge is 2.31. The molecule has 0 aliphatic rings. The van der Waals surface area contributed by atoms with E-state index in [0.29, 0.717) is 0 Å². The summed E-state index contributed by atoms with van der Waals surface area (Å²) in [5, 5.41) is 16.5. The topological polar surface area (TPSA) is 74.6 Å². The first-order chi connectivity index (χ1) is 8.29. The van der Waals surface area contributed by atoms with Crippen molar-refractivity contribution in [3.05, 3.63) is 34.4 Å². The summed E-state index contributed by atoms with van der Waals surface area (Å²) >= 11 is 0. The molecule has 0 unspecified atom stereocenters. The van der Waals surface area contributed by atoms with Gasteiger partial charge < -0.3 is 10.2 Å². The summed E-state index contributed by atoms with van der Waals surface area (Å²) in [6.45, 7) is 4.00. The number of carboxylic acids is 2. The van der Waals surface area contributed by atoms with Gasteiger partial charge in [-0.3, -0.25) is 0 Å². The van der Waals surface area contributed by atoms with Crippen molar-refractivity contribution in [3.63, 3.8) is 0 Å². The van der Waals surface area contributed by atoms with E-state index in [1.54, 1.807) is 0 Å². The van der Waals surface area contributed by atoms with Crippen LogP contribution in [0.5, 0.6) is 0 Å². The fraction of sp³-hybridized carbons (Fsp3) is 0.200. The van der Waals surface area contributed by atoms with Gasteiger partial charge in [0.2, 0.25) is 0 Å². The predicted molar refractivity (Wildman–Crippen MR) is 51.5 cm³/mol. The van der Waals surface area contributed by atoms with Crippen LogP contribution in [-0.2, 0) is 0 Å². The van der Waals surface area contributed by atoms with E-state index in [-0.39, 0.29) is 0 Å². The summed E-state index contributed by atoms with van der Waals surface area (Å²) in [5.74, 6) is -13.5. The summed E-state index contributed by atoms with van der Waals surface area (Å²) in [7, 11) is 0. The maximum atomic E-state index is 12.9. The molecular formula is C10H8F4O4. The third kappa shape index (κ3) is 2.58. The highest BCUT2D eigenvalue weighted by atomic mass is 19.2. The predicted octanol–water partition coefficient (Wildman–Crippen LogP) is 2.67. The van der Waals surface area contributed by atoms with Gasteiger partial charge in [0.15, 0.2) is 23.3 Å². The van der Waals surface area contributed by atoms with Gasteiger partial charge in [-0.2, -0.15) is 0 Å². The van der Waals surface area contributed by atoms with Gasteiger partial charge in [0.05, 0.1) is 0 Å². The Labute approximate surface area is 98.5 Å². The standard InChI is InChI=1S/C8H2F4O4.C2H6/c9-3-1(7(13)14)4(10)6(12)2(5(3)11)8(15)16;1-2/h(H,13,14)(H,15,16);1-2H3. The Bertz CT molecular complexity index is 425. The molecule has 0 aromatic heterocycles. The molecule has 0 heterocycles. The molecule has 1 aromatic carbocycles. The Hall–Kier alpha value is -2.12. The molecule has 0 fully saturated rings. The molecule has 0 bridgehead atoms. The molecule has 0 saturated carbocycles. The van der Waals surface area contributed by atoms with Crippen LogP contribution in [0.3, 0.4) is 0 Å². The summed E-state index contributed by atoms with van der Waals surface area (Å²) in [4.78, 5) is 20.5. The molecule has 0 saturated heterocycles. The summed E-state index contributed by atoms with van der Waals surface area (Å²) in [6.07, 6.45) is 0. The quantitative estimate of drug-likeness (QED) is 0.638. The molecule has 0 radical (unpaired) electrons. The van der Waals surface area contributed by atoms with Gasteiger partial charge in [0.1, 0.15) is 11.1 Å². The molecular weight excluding hydrogens is 260 g/mol.